The lowest BCUT2D eigenvalue weighted by Gasteiger charge is -2.14. The molecule has 0 saturated heterocycles. The second-order valence-corrected chi connectivity index (χ2v) is 4.04. The van der Waals surface area contributed by atoms with E-state index in [-0.39, 0.29) is 11.7 Å². The third kappa shape index (κ3) is 1.73. The van der Waals surface area contributed by atoms with Crippen LogP contribution in [-0.2, 0) is 11.2 Å². The number of anilines is 1. The summed E-state index contributed by atoms with van der Waals surface area (Å²) in [6.07, 6.45) is 1.37. The number of Topliss-reactive ketones (excluding diaryl/α,β-unsaturated/α-hetero) is 1. The highest BCUT2D eigenvalue weighted by Gasteiger charge is 2.22. The molecule has 16 heavy (non-hydrogen) atoms. The normalized spacial score (nSPS) is 13.8. The molecule has 1 heterocycles. The summed E-state index contributed by atoms with van der Waals surface area (Å²) >= 11 is 0. The van der Waals surface area contributed by atoms with Crippen LogP contribution in [-0.4, -0.2) is 18.2 Å². The molecular formula is C13H15NO2. The second kappa shape index (κ2) is 4.08. The van der Waals surface area contributed by atoms with Crippen LogP contribution < -0.4 is 4.90 Å². The standard InChI is InChI=1S/C13H15NO2/c1-3-13(16)11-4-5-12-10(8-11)6-7-14(12)9(2)15/h4-5,8H,3,6-7H2,1-2H3. The van der Waals surface area contributed by atoms with E-state index in [0.717, 1.165) is 29.8 Å². The van der Waals surface area contributed by atoms with Crippen LogP contribution in [0.5, 0.6) is 0 Å². The lowest BCUT2D eigenvalue weighted by Crippen LogP contribution is -2.25. The molecule has 3 heteroatoms. The first-order valence-electron chi connectivity index (χ1n) is 5.57. The molecule has 0 fully saturated rings. The Morgan fingerprint density at radius 1 is 1.38 bits per heavy atom. The van der Waals surface area contributed by atoms with Gasteiger partial charge in [-0.2, -0.15) is 0 Å². The van der Waals surface area contributed by atoms with E-state index < -0.39 is 0 Å². The van der Waals surface area contributed by atoms with Crippen LogP contribution >= 0.6 is 0 Å². The summed E-state index contributed by atoms with van der Waals surface area (Å²) in [4.78, 5) is 24.7. The van der Waals surface area contributed by atoms with Crippen LogP contribution in [0, 0.1) is 0 Å². The minimum atomic E-state index is 0.0633. The molecule has 0 bridgehead atoms. The molecule has 0 spiro atoms. The Kier molecular flexibility index (Phi) is 2.77. The molecular weight excluding hydrogens is 202 g/mol. The number of hydrogen-bond acceptors (Lipinski definition) is 2. The zero-order valence-electron chi connectivity index (χ0n) is 9.62. The summed E-state index contributed by atoms with van der Waals surface area (Å²) in [7, 11) is 0. The van der Waals surface area contributed by atoms with Crippen molar-refractivity contribution in [3.8, 4) is 0 Å². The molecule has 0 saturated carbocycles. The van der Waals surface area contributed by atoms with Crippen molar-refractivity contribution in [2.45, 2.75) is 26.7 Å². The minimum absolute atomic E-state index is 0.0633. The average molecular weight is 217 g/mol. The Morgan fingerprint density at radius 3 is 2.75 bits per heavy atom. The molecule has 2 rings (SSSR count). The van der Waals surface area contributed by atoms with Gasteiger partial charge in [0.2, 0.25) is 5.91 Å². The second-order valence-electron chi connectivity index (χ2n) is 4.04. The van der Waals surface area contributed by atoms with Crippen LogP contribution in [0.3, 0.4) is 0 Å². The Bertz CT molecular complexity index is 451. The maximum atomic E-state index is 11.5. The van der Waals surface area contributed by atoms with Crippen molar-refractivity contribution in [1.29, 1.82) is 0 Å². The van der Waals surface area contributed by atoms with E-state index in [4.69, 9.17) is 0 Å². The Balaban J connectivity index is 2.36. The fourth-order valence-corrected chi connectivity index (χ4v) is 2.11. The van der Waals surface area contributed by atoms with Crippen LogP contribution in [0.15, 0.2) is 18.2 Å². The zero-order valence-corrected chi connectivity index (χ0v) is 9.62. The van der Waals surface area contributed by atoms with E-state index in [0.29, 0.717) is 6.42 Å². The first kappa shape index (κ1) is 10.9. The molecule has 0 radical (unpaired) electrons. The highest BCUT2D eigenvalue weighted by Crippen LogP contribution is 2.29. The molecule has 1 amide bonds. The van der Waals surface area contributed by atoms with E-state index in [9.17, 15) is 9.59 Å². The average Bonchev–Trinajstić information content (AvgIpc) is 2.70. The van der Waals surface area contributed by atoms with Gasteiger partial charge in [-0.25, -0.2) is 0 Å². The number of benzene rings is 1. The first-order chi connectivity index (χ1) is 7.63. The van der Waals surface area contributed by atoms with Gasteiger partial charge < -0.3 is 4.90 Å². The highest BCUT2D eigenvalue weighted by atomic mass is 16.2. The molecule has 1 aliphatic rings. The van der Waals surface area contributed by atoms with Gasteiger partial charge in [-0.15, -0.1) is 0 Å². The Morgan fingerprint density at radius 2 is 2.12 bits per heavy atom. The molecule has 1 aromatic carbocycles. The number of ketones is 1. The van der Waals surface area contributed by atoms with Gasteiger partial charge in [-0.1, -0.05) is 6.92 Å². The van der Waals surface area contributed by atoms with Gasteiger partial charge >= 0.3 is 0 Å². The SMILES string of the molecule is CCC(=O)c1ccc2c(c1)CCN2C(C)=O. The van der Waals surface area contributed by atoms with Crippen molar-refractivity contribution >= 4 is 17.4 Å². The number of nitrogens with zero attached hydrogens (tertiary/aromatic N) is 1. The highest BCUT2D eigenvalue weighted by molar-refractivity contribution is 5.98. The predicted octanol–water partition coefficient (Wildman–Crippen LogP) is 2.19. The summed E-state index contributed by atoms with van der Waals surface area (Å²) in [5, 5.41) is 0. The molecule has 0 N–H and O–H groups in total. The van der Waals surface area contributed by atoms with Crippen molar-refractivity contribution in [3.05, 3.63) is 29.3 Å². The molecule has 0 aliphatic carbocycles. The fraction of sp³-hybridized carbons (Fsp3) is 0.385. The van der Waals surface area contributed by atoms with E-state index in [2.05, 4.69) is 0 Å². The molecule has 0 aromatic heterocycles. The van der Waals surface area contributed by atoms with E-state index in [1.807, 2.05) is 25.1 Å². The summed E-state index contributed by atoms with van der Waals surface area (Å²) in [6.45, 7) is 4.16. The van der Waals surface area contributed by atoms with E-state index in [1.165, 1.54) is 0 Å². The monoisotopic (exact) mass is 217 g/mol. The fourth-order valence-electron chi connectivity index (χ4n) is 2.11. The summed E-state index contributed by atoms with van der Waals surface area (Å²) in [5.41, 5.74) is 2.82. The van der Waals surface area contributed by atoms with Gasteiger partial charge in [0.05, 0.1) is 0 Å². The number of fused-ring (bicyclic) bond motifs is 1. The molecule has 3 nitrogen and oxygen atoms in total. The number of carbonyl (C=O) groups is 2. The molecule has 84 valence electrons. The smallest absolute Gasteiger partial charge is 0.223 e. The molecule has 1 aliphatic heterocycles. The van der Waals surface area contributed by atoms with Crippen LogP contribution in [0.4, 0.5) is 5.69 Å². The van der Waals surface area contributed by atoms with Gasteiger partial charge in [0.25, 0.3) is 0 Å². The largest absolute Gasteiger partial charge is 0.312 e. The minimum Gasteiger partial charge on any atom is -0.312 e. The van der Waals surface area contributed by atoms with Crippen LogP contribution in [0.1, 0.15) is 36.2 Å². The number of hydrogen-bond donors (Lipinski definition) is 0. The third-order valence-electron chi connectivity index (χ3n) is 3.00. The summed E-state index contributed by atoms with van der Waals surface area (Å²) < 4.78 is 0. The van der Waals surface area contributed by atoms with Gasteiger partial charge in [0.1, 0.15) is 0 Å². The molecule has 0 atom stereocenters. The van der Waals surface area contributed by atoms with Crippen molar-refractivity contribution in [2.24, 2.45) is 0 Å². The number of carbonyl (C=O) groups excluding carboxylic acids is 2. The molecule has 0 unspecified atom stereocenters. The van der Waals surface area contributed by atoms with E-state index >= 15 is 0 Å². The quantitative estimate of drug-likeness (QED) is 0.712. The topological polar surface area (TPSA) is 37.4 Å². The first-order valence-corrected chi connectivity index (χ1v) is 5.57. The lowest BCUT2D eigenvalue weighted by atomic mass is 10.0. The van der Waals surface area contributed by atoms with Crippen molar-refractivity contribution in [1.82, 2.24) is 0 Å². The third-order valence-corrected chi connectivity index (χ3v) is 3.00. The van der Waals surface area contributed by atoms with Crippen molar-refractivity contribution < 1.29 is 9.59 Å². The summed E-state index contributed by atoms with van der Waals surface area (Å²) in [5.74, 6) is 0.220. The number of rotatable bonds is 2. The maximum absolute atomic E-state index is 11.5. The van der Waals surface area contributed by atoms with Gasteiger partial charge in [-0.3, -0.25) is 9.59 Å². The molecule has 1 aromatic rings. The lowest BCUT2D eigenvalue weighted by molar-refractivity contribution is -0.116. The van der Waals surface area contributed by atoms with Crippen LogP contribution in [0.2, 0.25) is 0 Å². The van der Waals surface area contributed by atoms with Crippen molar-refractivity contribution in [3.63, 3.8) is 0 Å². The predicted molar refractivity (Wildman–Crippen MR) is 62.8 cm³/mol. The van der Waals surface area contributed by atoms with Gasteiger partial charge in [0, 0.05) is 31.1 Å². The van der Waals surface area contributed by atoms with Gasteiger partial charge in [-0.05, 0) is 30.2 Å². The Labute approximate surface area is 95.1 Å². The summed E-state index contributed by atoms with van der Waals surface area (Å²) in [6, 6.07) is 5.61. The Hall–Kier alpha value is -1.64. The van der Waals surface area contributed by atoms with Crippen LogP contribution in [0.25, 0.3) is 0 Å². The van der Waals surface area contributed by atoms with Gasteiger partial charge in [0.15, 0.2) is 5.78 Å². The maximum Gasteiger partial charge on any atom is 0.223 e. The van der Waals surface area contributed by atoms with Crippen molar-refractivity contribution in [2.75, 3.05) is 11.4 Å². The zero-order chi connectivity index (χ0) is 11.7. The van der Waals surface area contributed by atoms with E-state index in [1.54, 1.807) is 11.8 Å². The number of amides is 1.